The van der Waals surface area contributed by atoms with Gasteiger partial charge < -0.3 is 9.84 Å². The predicted molar refractivity (Wildman–Crippen MR) is 121 cm³/mol. The average molecular weight is 405 g/mol. The number of allylic oxidation sites excluding steroid dienone is 3. The van der Waals surface area contributed by atoms with Crippen LogP contribution in [-0.2, 0) is 16.1 Å². The minimum absolute atomic E-state index is 0.235. The molecule has 0 fully saturated rings. The Hall–Kier alpha value is -2.65. The number of unbranched alkanes of at least 4 members (excludes halogenated alkanes) is 1. The molecule has 0 aliphatic heterocycles. The van der Waals surface area contributed by atoms with E-state index in [9.17, 15) is 4.79 Å². The van der Waals surface area contributed by atoms with Gasteiger partial charge in [0.05, 0.1) is 13.2 Å². The van der Waals surface area contributed by atoms with E-state index in [0.717, 1.165) is 19.3 Å². The third-order valence-corrected chi connectivity index (χ3v) is 5.75. The zero-order valence-electron chi connectivity index (χ0n) is 17.8. The van der Waals surface area contributed by atoms with Gasteiger partial charge in [-0.3, -0.25) is 4.79 Å². The van der Waals surface area contributed by atoms with Crippen molar-refractivity contribution in [1.29, 1.82) is 0 Å². The second kappa shape index (κ2) is 11.5. The van der Waals surface area contributed by atoms with E-state index in [1.165, 1.54) is 22.3 Å². The molecule has 0 spiro atoms. The van der Waals surface area contributed by atoms with Crippen LogP contribution in [0, 0.1) is 12.8 Å². The molecule has 0 saturated carbocycles. The summed E-state index contributed by atoms with van der Waals surface area (Å²) in [5.41, 5.74) is 5.28. The largest absolute Gasteiger partial charge is 0.481 e. The molecule has 0 amide bonds. The maximum Gasteiger partial charge on any atom is 0.303 e. The molecule has 3 nitrogen and oxygen atoms in total. The summed E-state index contributed by atoms with van der Waals surface area (Å²) in [6, 6.07) is 19.2. The van der Waals surface area contributed by atoms with Crippen molar-refractivity contribution in [3.8, 4) is 0 Å². The highest BCUT2D eigenvalue weighted by Crippen LogP contribution is 2.41. The Balaban J connectivity index is 1.59. The van der Waals surface area contributed by atoms with Crippen molar-refractivity contribution in [2.24, 2.45) is 5.92 Å². The zero-order valence-corrected chi connectivity index (χ0v) is 17.8. The van der Waals surface area contributed by atoms with Crippen LogP contribution in [0.5, 0.6) is 0 Å². The number of carbonyl (C=O) groups is 1. The highest BCUT2D eigenvalue weighted by molar-refractivity contribution is 5.66. The van der Waals surface area contributed by atoms with Gasteiger partial charge in [0.1, 0.15) is 0 Å². The van der Waals surface area contributed by atoms with Gasteiger partial charge in [-0.25, -0.2) is 0 Å². The van der Waals surface area contributed by atoms with Crippen LogP contribution in [0.25, 0.3) is 0 Å². The van der Waals surface area contributed by atoms with E-state index in [0.29, 0.717) is 31.5 Å². The van der Waals surface area contributed by atoms with E-state index >= 15 is 0 Å². The van der Waals surface area contributed by atoms with Gasteiger partial charge in [0.2, 0.25) is 0 Å². The lowest BCUT2D eigenvalue weighted by Crippen LogP contribution is -2.17. The van der Waals surface area contributed by atoms with E-state index < -0.39 is 5.97 Å². The summed E-state index contributed by atoms with van der Waals surface area (Å²) in [7, 11) is 0. The molecule has 1 N–H and O–H groups in total. The number of aryl methyl sites for hydroxylation is 1. The van der Waals surface area contributed by atoms with Crippen LogP contribution >= 0.6 is 0 Å². The standard InChI is InChI=1S/C27H32O3/c1-21-10-9-11-22(18-21)19-30-20-26-24(14-5-2-3-8-15-27(28)29)16-17-25(26)23-12-6-4-7-13-23/h2,4-7,9-13,16,18,25-26H,3,8,14-15,17,19-20H2,1H3,(H,28,29)/b5-2-/t25?,26-/m0/s1. The van der Waals surface area contributed by atoms with E-state index in [1.54, 1.807) is 0 Å². The molecular weight excluding hydrogens is 372 g/mol. The van der Waals surface area contributed by atoms with Crippen LogP contribution in [0.4, 0.5) is 0 Å². The van der Waals surface area contributed by atoms with Gasteiger partial charge in [0.15, 0.2) is 0 Å². The van der Waals surface area contributed by atoms with Gasteiger partial charge in [-0.15, -0.1) is 0 Å². The number of ether oxygens (including phenoxy) is 1. The molecule has 30 heavy (non-hydrogen) atoms. The van der Waals surface area contributed by atoms with Crippen molar-refractivity contribution in [2.75, 3.05) is 6.61 Å². The lowest BCUT2D eigenvalue weighted by atomic mass is 9.85. The van der Waals surface area contributed by atoms with Crippen LogP contribution < -0.4 is 0 Å². The van der Waals surface area contributed by atoms with Gasteiger partial charge in [-0.1, -0.05) is 84.0 Å². The lowest BCUT2D eigenvalue weighted by molar-refractivity contribution is -0.137. The number of hydrogen-bond acceptors (Lipinski definition) is 2. The minimum atomic E-state index is -0.724. The minimum Gasteiger partial charge on any atom is -0.481 e. The SMILES string of the molecule is Cc1cccc(COC[C@H]2C(C/C=C\CCCC(=O)O)=CCC2c2ccccc2)c1. The summed E-state index contributed by atoms with van der Waals surface area (Å²) in [6.07, 6.45) is 10.4. The van der Waals surface area contributed by atoms with Gasteiger partial charge in [-0.05, 0) is 49.7 Å². The molecule has 2 aromatic rings. The van der Waals surface area contributed by atoms with Gasteiger partial charge in [0, 0.05) is 12.3 Å². The second-order valence-corrected chi connectivity index (χ2v) is 8.10. The fourth-order valence-electron chi connectivity index (χ4n) is 4.19. The molecule has 1 unspecified atom stereocenters. The highest BCUT2D eigenvalue weighted by Gasteiger charge is 2.30. The monoisotopic (exact) mass is 404 g/mol. The van der Waals surface area contributed by atoms with E-state index in [-0.39, 0.29) is 6.42 Å². The Morgan fingerprint density at radius 3 is 2.73 bits per heavy atom. The van der Waals surface area contributed by atoms with Crippen LogP contribution in [0.15, 0.2) is 78.4 Å². The topological polar surface area (TPSA) is 46.5 Å². The summed E-state index contributed by atoms with van der Waals surface area (Å²) in [4.78, 5) is 10.6. The highest BCUT2D eigenvalue weighted by atomic mass is 16.5. The van der Waals surface area contributed by atoms with Gasteiger partial charge >= 0.3 is 5.97 Å². The lowest BCUT2D eigenvalue weighted by Gasteiger charge is -2.23. The summed E-state index contributed by atoms with van der Waals surface area (Å²) in [6.45, 7) is 3.46. The predicted octanol–water partition coefficient (Wildman–Crippen LogP) is 6.44. The van der Waals surface area contributed by atoms with Crippen LogP contribution in [-0.4, -0.2) is 17.7 Å². The zero-order chi connectivity index (χ0) is 21.2. The molecule has 158 valence electrons. The quantitative estimate of drug-likeness (QED) is 0.346. The first kappa shape index (κ1) is 22.0. The second-order valence-electron chi connectivity index (χ2n) is 8.10. The molecule has 0 radical (unpaired) electrons. The first-order chi connectivity index (χ1) is 14.6. The molecule has 0 aromatic heterocycles. The van der Waals surface area contributed by atoms with Crippen molar-refractivity contribution < 1.29 is 14.6 Å². The van der Waals surface area contributed by atoms with E-state index in [1.807, 2.05) is 0 Å². The number of rotatable bonds is 11. The number of carboxylic acids is 1. The molecule has 3 heteroatoms. The molecule has 3 rings (SSSR count). The Labute approximate surface area is 180 Å². The smallest absolute Gasteiger partial charge is 0.303 e. The molecule has 1 aliphatic carbocycles. The fraction of sp³-hybridized carbons (Fsp3) is 0.370. The van der Waals surface area contributed by atoms with Crippen molar-refractivity contribution in [1.82, 2.24) is 0 Å². The summed E-state index contributed by atoms with van der Waals surface area (Å²) in [5.74, 6) is 0.110. The normalized spacial score (nSPS) is 18.6. The van der Waals surface area contributed by atoms with E-state index in [2.05, 4.69) is 79.7 Å². The van der Waals surface area contributed by atoms with Crippen molar-refractivity contribution in [2.45, 2.75) is 51.6 Å². The maximum atomic E-state index is 10.6. The number of aliphatic carboxylic acids is 1. The molecule has 0 saturated heterocycles. The third kappa shape index (κ3) is 6.70. The average Bonchev–Trinajstić information content (AvgIpc) is 3.14. The fourth-order valence-corrected chi connectivity index (χ4v) is 4.19. The van der Waals surface area contributed by atoms with Crippen LogP contribution in [0.2, 0.25) is 0 Å². The summed E-state index contributed by atoms with van der Waals surface area (Å²) in [5, 5.41) is 8.75. The summed E-state index contributed by atoms with van der Waals surface area (Å²) >= 11 is 0. The Kier molecular flexibility index (Phi) is 8.46. The molecule has 2 atom stereocenters. The van der Waals surface area contributed by atoms with Crippen molar-refractivity contribution in [3.05, 3.63) is 95.1 Å². The van der Waals surface area contributed by atoms with Gasteiger partial charge in [-0.2, -0.15) is 0 Å². The molecule has 2 aromatic carbocycles. The van der Waals surface area contributed by atoms with Crippen molar-refractivity contribution in [3.63, 3.8) is 0 Å². The first-order valence-electron chi connectivity index (χ1n) is 10.9. The molecular formula is C27H32O3. The Bertz CT molecular complexity index is 867. The van der Waals surface area contributed by atoms with Crippen LogP contribution in [0.3, 0.4) is 0 Å². The van der Waals surface area contributed by atoms with Crippen LogP contribution in [0.1, 0.15) is 54.7 Å². The maximum absolute atomic E-state index is 10.6. The number of hydrogen-bond donors (Lipinski definition) is 1. The molecule has 0 bridgehead atoms. The summed E-state index contributed by atoms with van der Waals surface area (Å²) < 4.78 is 6.18. The van der Waals surface area contributed by atoms with Crippen molar-refractivity contribution >= 4 is 5.97 Å². The first-order valence-corrected chi connectivity index (χ1v) is 10.9. The molecule has 0 heterocycles. The Morgan fingerprint density at radius 1 is 1.13 bits per heavy atom. The van der Waals surface area contributed by atoms with Gasteiger partial charge in [0.25, 0.3) is 0 Å². The Morgan fingerprint density at radius 2 is 1.97 bits per heavy atom. The number of benzene rings is 2. The molecule has 1 aliphatic rings. The number of carboxylic acid groups (broad SMARTS) is 1. The van der Waals surface area contributed by atoms with E-state index in [4.69, 9.17) is 9.84 Å². The third-order valence-electron chi connectivity index (χ3n) is 5.75.